The van der Waals surface area contributed by atoms with Crippen molar-refractivity contribution in [3.05, 3.63) is 33.1 Å². The third-order valence-corrected chi connectivity index (χ3v) is 6.12. The summed E-state index contributed by atoms with van der Waals surface area (Å²) in [5.41, 5.74) is 0. The Kier molecular flexibility index (Phi) is 4.43. The fraction of sp³-hybridized carbons (Fsp3) is 0.438. The Morgan fingerprint density at radius 3 is 2.81 bits per heavy atom. The number of benzene rings is 1. The quantitative estimate of drug-likeness (QED) is 0.765. The van der Waals surface area contributed by atoms with E-state index in [0.717, 1.165) is 16.5 Å². The molecule has 1 aliphatic carbocycles. The van der Waals surface area contributed by atoms with Gasteiger partial charge in [-0.15, -0.1) is 11.3 Å². The molecule has 2 aromatic rings. The van der Waals surface area contributed by atoms with Gasteiger partial charge in [0.05, 0.1) is 5.02 Å². The van der Waals surface area contributed by atoms with Crippen LogP contribution in [0.1, 0.15) is 42.3 Å². The molecule has 21 heavy (non-hydrogen) atoms. The highest BCUT2D eigenvalue weighted by molar-refractivity contribution is 7.21. The molecule has 0 saturated heterocycles. The molecule has 0 radical (unpaired) electrons. The minimum Gasteiger partial charge on any atom is -0.348 e. The second kappa shape index (κ2) is 6.15. The molecule has 3 rings (SSSR count). The van der Waals surface area contributed by atoms with E-state index in [1.807, 2.05) is 12.1 Å². The molecule has 2 nitrogen and oxygen atoms in total. The van der Waals surface area contributed by atoms with Gasteiger partial charge in [0.25, 0.3) is 5.91 Å². The number of carbonyl (C=O) groups excluding carboxylic acids is 1. The minimum atomic E-state index is -0.0592. The van der Waals surface area contributed by atoms with E-state index in [-0.39, 0.29) is 11.9 Å². The SMILES string of the molecule is C[C@@H]1CCCC[C@H]1NC(=O)c1sc2cc(Cl)ccc2c1Cl. The normalized spacial score (nSPS) is 22.4. The molecule has 112 valence electrons. The molecule has 5 heteroatoms. The zero-order valence-electron chi connectivity index (χ0n) is 11.8. The first-order valence-corrected chi connectivity index (χ1v) is 8.82. The van der Waals surface area contributed by atoms with Crippen LogP contribution in [-0.4, -0.2) is 11.9 Å². The van der Waals surface area contributed by atoms with Crippen LogP contribution in [-0.2, 0) is 0 Å². The average molecular weight is 342 g/mol. The highest BCUT2D eigenvalue weighted by atomic mass is 35.5. The van der Waals surface area contributed by atoms with Gasteiger partial charge in [-0.25, -0.2) is 0 Å². The van der Waals surface area contributed by atoms with Crippen LogP contribution in [0.5, 0.6) is 0 Å². The van der Waals surface area contributed by atoms with Gasteiger partial charge in [0.1, 0.15) is 4.88 Å². The van der Waals surface area contributed by atoms with Crippen molar-refractivity contribution in [3.63, 3.8) is 0 Å². The van der Waals surface area contributed by atoms with Crippen molar-refractivity contribution in [3.8, 4) is 0 Å². The van der Waals surface area contributed by atoms with Crippen molar-refractivity contribution in [2.45, 2.75) is 38.6 Å². The lowest BCUT2D eigenvalue weighted by Gasteiger charge is -2.29. The number of carbonyl (C=O) groups is 1. The van der Waals surface area contributed by atoms with E-state index >= 15 is 0 Å². The highest BCUT2D eigenvalue weighted by Gasteiger charge is 2.25. The molecule has 0 aliphatic heterocycles. The molecule has 0 spiro atoms. The number of thiophene rings is 1. The summed E-state index contributed by atoms with van der Waals surface area (Å²) < 4.78 is 0.953. The van der Waals surface area contributed by atoms with Crippen molar-refractivity contribution < 1.29 is 4.79 Å². The molecule has 1 heterocycles. The van der Waals surface area contributed by atoms with E-state index in [2.05, 4.69) is 12.2 Å². The van der Waals surface area contributed by atoms with Gasteiger partial charge in [-0.2, -0.15) is 0 Å². The van der Waals surface area contributed by atoms with Crippen molar-refractivity contribution >= 4 is 50.5 Å². The summed E-state index contributed by atoms with van der Waals surface area (Å²) in [6.07, 6.45) is 4.68. The number of fused-ring (bicyclic) bond motifs is 1. The Labute approximate surface area is 138 Å². The highest BCUT2D eigenvalue weighted by Crippen LogP contribution is 2.37. The lowest BCUT2D eigenvalue weighted by molar-refractivity contribution is 0.0914. The molecule has 1 aromatic heterocycles. The summed E-state index contributed by atoms with van der Waals surface area (Å²) in [6.45, 7) is 2.20. The first kappa shape index (κ1) is 15.1. The first-order chi connectivity index (χ1) is 10.1. The molecule has 1 fully saturated rings. The van der Waals surface area contributed by atoms with Gasteiger partial charge in [0, 0.05) is 21.2 Å². The number of rotatable bonds is 2. The smallest absolute Gasteiger partial charge is 0.263 e. The van der Waals surface area contributed by atoms with Gasteiger partial charge < -0.3 is 5.32 Å². The summed E-state index contributed by atoms with van der Waals surface area (Å²) >= 11 is 13.8. The predicted octanol–water partition coefficient (Wildman–Crippen LogP) is 5.52. The molecular weight excluding hydrogens is 325 g/mol. The zero-order chi connectivity index (χ0) is 15.0. The fourth-order valence-corrected chi connectivity index (χ4v) is 4.65. The van der Waals surface area contributed by atoms with Gasteiger partial charge in [-0.1, -0.05) is 49.0 Å². The maximum Gasteiger partial charge on any atom is 0.263 e. The average Bonchev–Trinajstić information content (AvgIpc) is 2.78. The van der Waals surface area contributed by atoms with Gasteiger partial charge in [0.15, 0.2) is 0 Å². The molecule has 1 aromatic carbocycles. The number of hydrogen-bond donors (Lipinski definition) is 1. The van der Waals surface area contributed by atoms with Crippen LogP contribution in [0.4, 0.5) is 0 Å². The summed E-state index contributed by atoms with van der Waals surface area (Å²) in [6, 6.07) is 5.79. The van der Waals surface area contributed by atoms with Crippen LogP contribution in [0, 0.1) is 5.92 Å². The molecule has 1 saturated carbocycles. The second-order valence-corrected chi connectivity index (χ2v) is 7.59. The molecule has 1 amide bonds. The van der Waals surface area contributed by atoms with Gasteiger partial charge in [-0.05, 0) is 30.9 Å². The van der Waals surface area contributed by atoms with Crippen molar-refractivity contribution in [1.29, 1.82) is 0 Å². The molecular formula is C16H17Cl2NOS. The second-order valence-electron chi connectivity index (χ2n) is 5.73. The van der Waals surface area contributed by atoms with E-state index in [1.54, 1.807) is 6.07 Å². The Hall–Kier alpha value is -0.770. The number of amides is 1. The Balaban J connectivity index is 1.85. The topological polar surface area (TPSA) is 29.1 Å². The fourth-order valence-electron chi connectivity index (χ4n) is 2.95. The summed E-state index contributed by atoms with van der Waals surface area (Å²) in [5, 5.41) is 5.25. The van der Waals surface area contributed by atoms with E-state index in [1.165, 1.54) is 30.6 Å². The van der Waals surface area contributed by atoms with E-state index in [9.17, 15) is 4.79 Å². The lowest BCUT2D eigenvalue weighted by atomic mass is 9.86. The van der Waals surface area contributed by atoms with E-state index in [0.29, 0.717) is 20.8 Å². The van der Waals surface area contributed by atoms with Crippen LogP contribution < -0.4 is 5.32 Å². The van der Waals surface area contributed by atoms with Gasteiger partial charge in [-0.3, -0.25) is 4.79 Å². The van der Waals surface area contributed by atoms with E-state index in [4.69, 9.17) is 23.2 Å². The maximum atomic E-state index is 12.5. The summed E-state index contributed by atoms with van der Waals surface area (Å²) in [7, 11) is 0. The van der Waals surface area contributed by atoms with Crippen LogP contribution in [0.3, 0.4) is 0 Å². The van der Waals surface area contributed by atoms with Crippen LogP contribution in [0.2, 0.25) is 10.0 Å². The molecule has 1 N–H and O–H groups in total. The Bertz CT molecular complexity index is 682. The molecule has 2 atom stereocenters. The number of nitrogens with one attached hydrogen (secondary N) is 1. The van der Waals surface area contributed by atoms with Crippen molar-refractivity contribution in [2.75, 3.05) is 0 Å². The number of halogens is 2. The summed E-state index contributed by atoms with van der Waals surface area (Å²) in [5.74, 6) is 0.473. The van der Waals surface area contributed by atoms with Crippen LogP contribution in [0.25, 0.3) is 10.1 Å². The van der Waals surface area contributed by atoms with Crippen LogP contribution in [0.15, 0.2) is 18.2 Å². The van der Waals surface area contributed by atoms with Gasteiger partial charge in [0.2, 0.25) is 0 Å². The molecule has 1 aliphatic rings. The molecule has 0 bridgehead atoms. The first-order valence-electron chi connectivity index (χ1n) is 7.24. The Morgan fingerprint density at radius 1 is 1.29 bits per heavy atom. The molecule has 0 unspecified atom stereocenters. The summed E-state index contributed by atoms with van der Waals surface area (Å²) in [4.78, 5) is 13.1. The third kappa shape index (κ3) is 3.05. The standard InChI is InChI=1S/C16H17Cl2NOS/c1-9-4-2-3-5-12(9)19-16(20)15-14(18)11-7-6-10(17)8-13(11)21-15/h6-9,12H,2-5H2,1H3,(H,19,20)/t9-,12-/m1/s1. The lowest BCUT2D eigenvalue weighted by Crippen LogP contribution is -2.40. The van der Waals surface area contributed by atoms with Crippen molar-refractivity contribution in [1.82, 2.24) is 5.32 Å². The maximum absolute atomic E-state index is 12.5. The number of hydrogen-bond acceptors (Lipinski definition) is 2. The van der Waals surface area contributed by atoms with Crippen molar-refractivity contribution in [2.24, 2.45) is 5.92 Å². The van der Waals surface area contributed by atoms with Gasteiger partial charge >= 0.3 is 0 Å². The van der Waals surface area contributed by atoms with E-state index < -0.39 is 0 Å². The minimum absolute atomic E-state index is 0.0592. The zero-order valence-corrected chi connectivity index (χ0v) is 14.1. The third-order valence-electron chi connectivity index (χ3n) is 4.23. The monoisotopic (exact) mass is 341 g/mol. The van der Waals surface area contributed by atoms with Crippen LogP contribution >= 0.6 is 34.5 Å². The largest absolute Gasteiger partial charge is 0.348 e. The Morgan fingerprint density at radius 2 is 2.05 bits per heavy atom. The predicted molar refractivity (Wildman–Crippen MR) is 90.7 cm³/mol.